The van der Waals surface area contributed by atoms with Gasteiger partial charge in [-0.05, 0) is 49.2 Å². The van der Waals surface area contributed by atoms with E-state index in [0.717, 1.165) is 37.2 Å². The van der Waals surface area contributed by atoms with Gasteiger partial charge in [0.1, 0.15) is 30.0 Å². The van der Waals surface area contributed by atoms with Gasteiger partial charge >= 0.3 is 0 Å². The number of ether oxygens (including phenoxy) is 3. The van der Waals surface area contributed by atoms with E-state index in [0.29, 0.717) is 17.9 Å². The quantitative estimate of drug-likeness (QED) is 0.506. The molecular formula is C24H32N2O5. The van der Waals surface area contributed by atoms with Crippen molar-refractivity contribution in [3.8, 4) is 17.2 Å². The molecule has 0 bridgehead atoms. The molecule has 2 aromatic carbocycles. The number of nitrogens with zero attached hydrogens (tertiary/aromatic N) is 1. The topological polar surface area (TPSA) is 80.3 Å². The smallest absolute Gasteiger partial charge is 0.222 e. The minimum absolute atomic E-state index is 0.0956. The maximum absolute atomic E-state index is 12.3. The van der Waals surface area contributed by atoms with Gasteiger partial charge in [0, 0.05) is 25.1 Å². The molecule has 0 radical (unpaired) electrons. The molecule has 0 aromatic heterocycles. The predicted molar refractivity (Wildman–Crippen MR) is 119 cm³/mol. The third-order valence-electron chi connectivity index (χ3n) is 5.46. The normalized spacial score (nSPS) is 16.9. The lowest BCUT2D eigenvalue weighted by molar-refractivity contribution is -0.130. The molecule has 2 atom stereocenters. The first-order valence-corrected chi connectivity index (χ1v) is 10.7. The van der Waals surface area contributed by atoms with E-state index >= 15 is 0 Å². The summed E-state index contributed by atoms with van der Waals surface area (Å²) in [5.41, 5.74) is 1.16. The number of hydrogen-bond acceptors (Lipinski definition) is 6. The zero-order valence-electron chi connectivity index (χ0n) is 18.3. The van der Waals surface area contributed by atoms with Gasteiger partial charge in [-0.15, -0.1) is 0 Å². The third-order valence-corrected chi connectivity index (χ3v) is 5.46. The van der Waals surface area contributed by atoms with Crippen LogP contribution in [0.1, 0.15) is 24.8 Å². The number of aliphatic hydroxyl groups excluding tert-OH is 1. The summed E-state index contributed by atoms with van der Waals surface area (Å²) < 4.78 is 16.1. The molecule has 7 nitrogen and oxygen atoms in total. The van der Waals surface area contributed by atoms with Crippen LogP contribution < -0.4 is 19.5 Å². The Morgan fingerprint density at radius 1 is 1.10 bits per heavy atom. The second-order valence-corrected chi connectivity index (χ2v) is 7.70. The molecule has 1 aliphatic heterocycles. The number of carbonyl (C=O) groups is 1. The van der Waals surface area contributed by atoms with E-state index in [1.807, 2.05) is 36.4 Å². The van der Waals surface area contributed by atoms with E-state index < -0.39 is 6.10 Å². The van der Waals surface area contributed by atoms with Gasteiger partial charge < -0.3 is 29.5 Å². The number of benzene rings is 2. The fraction of sp³-hybridized carbons (Fsp3) is 0.458. The van der Waals surface area contributed by atoms with Gasteiger partial charge in [-0.3, -0.25) is 4.79 Å². The Bertz CT molecular complexity index is 844. The highest BCUT2D eigenvalue weighted by atomic mass is 16.5. The molecule has 0 saturated carbocycles. The van der Waals surface area contributed by atoms with Crippen molar-refractivity contribution < 1.29 is 24.1 Å². The molecule has 2 aromatic rings. The maximum atomic E-state index is 12.3. The number of carbonyl (C=O) groups excluding carboxylic acids is 1. The van der Waals surface area contributed by atoms with Gasteiger partial charge in [0.25, 0.3) is 0 Å². The number of β-amino-alcohol motifs (C(OH)–C–C–N with tert-alkyl or cyclic N) is 1. The predicted octanol–water partition coefficient (Wildman–Crippen LogP) is 2.61. The van der Waals surface area contributed by atoms with Crippen molar-refractivity contribution in [1.29, 1.82) is 0 Å². The van der Waals surface area contributed by atoms with Crippen LogP contribution in [0.25, 0.3) is 0 Å². The van der Waals surface area contributed by atoms with Crippen molar-refractivity contribution in [2.24, 2.45) is 0 Å². The van der Waals surface area contributed by atoms with Crippen molar-refractivity contribution in [2.75, 3.05) is 33.9 Å². The van der Waals surface area contributed by atoms with Crippen LogP contribution in [0.2, 0.25) is 0 Å². The molecular weight excluding hydrogens is 396 g/mol. The summed E-state index contributed by atoms with van der Waals surface area (Å²) in [5, 5.41) is 13.9. The van der Waals surface area contributed by atoms with Gasteiger partial charge in [-0.25, -0.2) is 0 Å². The minimum Gasteiger partial charge on any atom is -0.497 e. The fourth-order valence-corrected chi connectivity index (χ4v) is 3.79. The first kappa shape index (κ1) is 22.9. The minimum atomic E-state index is -0.750. The van der Waals surface area contributed by atoms with Crippen molar-refractivity contribution in [2.45, 2.75) is 38.0 Å². The van der Waals surface area contributed by atoms with Crippen molar-refractivity contribution in [3.63, 3.8) is 0 Å². The van der Waals surface area contributed by atoms with Gasteiger partial charge in [0.15, 0.2) is 0 Å². The Morgan fingerprint density at radius 2 is 1.81 bits per heavy atom. The Morgan fingerprint density at radius 3 is 2.58 bits per heavy atom. The van der Waals surface area contributed by atoms with Crippen LogP contribution in [-0.4, -0.2) is 62.0 Å². The van der Waals surface area contributed by atoms with Gasteiger partial charge in [0.05, 0.1) is 20.8 Å². The van der Waals surface area contributed by atoms with Crippen molar-refractivity contribution in [3.05, 3.63) is 54.1 Å². The largest absolute Gasteiger partial charge is 0.497 e. The van der Waals surface area contributed by atoms with Crippen LogP contribution in [0.3, 0.4) is 0 Å². The molecule has 7 heteroatoms. The Labute approximate surface area is 183 Å². The Balaban J connectivity index is 1.42. The maximum Gasteiger partial charge on any atom is 0.222 e. The molecule has 3 rings (SSSR count). The molecule has 1 fully saturated rings. The van der Waals surface area contributed by atoms with Crippen LogP contribution in [-0.2, 0) is 11.3 Å². The summed E-state index contributed by atoms with van der Waals surface area (Å²) in [6.07, 6.45) is 1.45. The SMILES string of the molecule is COc1cccc(CNCCC2CCC(=O)N2CC(O)COc2cccc(OC)c2)c1. The molecule has 1 amide bonds. The summed E-state index contributed by atoms with van der Waals surface area (Å²) in [7, 11) is 3.26. The first-order chi connectivity index (χ1) is 15.1. The summed E-state index contributed by atoms with van der Waals surface area (Å²) in [4.78, 5) is 14.1. The lowest BCUT2D eigenvalue weighted by Crippen LogP contribution is -2.42. The van der Waals surface area contributed by atoms with Gasteiger partial charge in [-0.1, -0.05) is 18.2 Å². The molecule has 0 spiro atoms. The highest BCUT2D eigenvalue weighted by Gasteiger charge is 2.31. The standard InChI is InChI=1S/C24H32N2O5/c1-29-21-6-3-5-18(13-21)15-25-12-11-19-9-10-24(28)26(19)16-20(27)17-31-23-8-4-7-22(14-23)30-2/h3-8,13-14,19-20,25,27H,9-12,15-17H2,1-2H3. The number of nitrogens with one attached hydrogen (secondary N) is 1. The zero-order chi connectivity index (χ0) is 22.1. The molecule has 0 aliphatic carbocycles. The second-order valence-electron chi connectivity index (χ2n) is 7.70. The zero-order valence-corrected chi connectivity index (χ0v) is 18.3. The molecule has 2 unspecified atom stereocenters. The van der Waals surface area contributed by atoms with Crippen LogP contribution in [0.15, 0.2) is 48.5 Å². The second kappa shape index (κ2) is 11.6. The average Bonchev–Trinajstić information content (AvgIpc) is 3.14. The van der Waals surface area contributed by atoms with E-state index in [2.05, 4.69) is 11.4 Å². The van der Waals surface area contributed by atoms with E-state index in [1.54, 1.807) is 25.2 Å². The summed E-state index contributed by atoms with van der Waals surface area (Å²) >= 11 is 0. The highest BCUT2D eigenvalue weighted by molar-refractivity contribution is 5.78. The van der Waals surface area contributed by atoms with E-state index in [1.165, 1.54) is 0 Å². The van der Waals surface area contributed by atoms with Crippen molar-refractivity contribution >= 4 is 5.91 Å². The van der Waals surface area contributed by atoms with E-state index in [-0.39, 0.29) is 25.1 Å². The first-order valence-electron chi connectivity index (χ1n) is 10.7. The Kier molecular flexibility index (Phi) is 8.55. The molecule has 168 valence electrons. The number of amides is 1. The molecule has 1 heterocycles. The van der Waals surface area contributed by atoms with Crippen LogP contribution in [0.5, 0.6) is 17.2 Å². The molecule has 1 aliphatic rings. The molecule has 1 saturated heterocycles. The van der Waals surface area contributed by atoms with Crippen LogP contribution in [0.4, 0.5) is 0 Å². The summed E-state index contributed by atoms with van der Waals surface area (Å²) in [6, 6.07) is 15.3. The van der Waals surface area contributed by atoms with Crippen LogP contribution in [0, 0.1) is 0 Å². The van der Waals surface area contributed by atoms with Gasteiger partial charge in [-0.2, -0.15) is 0 Å². The fourth-order valence-electron chi connectivity index (χ4n) is 3.79. The van der Waals surface area contributed by atoms with E-state index in [9.17, 15) is 9.90 Å². The number of aliphatic hydroxyl groups is 1. The lowest BCUT2D eigenvalue weighted by atomic mass is 10.1. The van der Waals surface area contributed by atoms with Crippen LogP contribution >= 0.6 is 0 Å². The van der Waals surface area contributed by atoms with Gasteiger partial charge in [0.2, 0.25) is 5.91 Å². The third kappa shape index (κ3) is 6.87. The summed E-state index contributed by atoms with van der Waals surface area (Å²) in [5.74, 6) is 2.27. The Hall–Kier alpha value is -2.77. The van der Waals surface area contributed by atoms with E-state index in [4.69, 9.17) is 14.2 Å². The number of methoxy groups -OCH3 is 2. The summed E-state index contributed by atoms with van der Waals surface area (Å²) in [6.45, 7) is 1.94. The number of rotatable bonds is 12. The number of likely N-dealkylation sites (tertiary alicyclic amines) is 1. The van der Waals surface area contributed by atoms with Crippen molar-refractivity contribution in [1.82, 2.24) is 10.2 Å². The molecule has 31 heavy (non-hydrogen) atoms. The average molecular weight is 429 g/mol. The highest BCUT2D eigenvalue weighted by Crippen LogP contribution is 2.22. The lowest BCUT2D eigenvalue weighted by Gasteiger charge is -2.27. The monoisotopic (exact) mass is 428 g/mol. The molecule has 2 N–H and O–H groups in total. The number of hydrogen-bond donors (Lipinski definition) is 2.